The van der Waals surface area contributed by atoms with Crippen LogP contribution in [0.15, 0.2) is 18.2 Å². The molecule has 1 fully saturated rings. The van der Waals surface area contributed by atoms with Gasteiger partial charge in [-0.3, -0.25) is 4.79 Å². The average Bonchev–Trinajstić information content (AvgIpc) is 2.65. The van der Waals surface area contributed by atoms with Crippen LogP contribution in [0.3, 0.4) is 0 Å². The highest BCUT2D eigenvalue weighted by atomic mass is 16.5. The third kappa shape index (κ3) is 4.46. The number of fused-ring (bicyclic) bond motifs is 1. The number of rotatable bonds is 5. The van der Waals surface area contributed by atoms with Crippen LogP contribution in [0.2, 0.25) is 0 Å². The Morgan fingerprint density at radius 3 is 2.76 bits per heavy atom. The lowest BCUT2D eigenvalue weighted by Gasteiger charge is -2.35. The van der Waals surface area contributed by atoms with E-state index in [0.29, 0.717) is 18.6 Å². The lowest BCUT2D eigenvalue weighted by molar-refractivity contribution is -0.139. The molecule has 1 saturated heterocycles. The highest BCUT2D eigenvalue weighted by Gasteiger charge is 2.32. The Balaban J connectivity index is 1.52. The van der Waals surface area contributed by atoms with Gasteiger partial charge in [0.1, 0.15) is 18.1 Å². The van der Waals surface area contributed by atoms with Crippen molar-refractivity contribution < 1.29 is 19.0 Å². The maximum Gasteiger partial charge on any atom is 0.229 e. The second-order valence-electron chi connectivity index (χ2n) is 7.44. The van der Waals surface area contributed by atoms with Crippen molar-refractivity contribution in [1.82, 2.24) is 4.90 Å². The number of nitrogens with zero attached hydrogens (tertiary/aromatic N) is 1. The summed E-state index contributed by atoms with van der Waals surface area (Å²) in [5.74, 6) is 2.30. The van der Waals surface area contributed by atoms with E-state index in [9.17, 15) is 4.79 Å². The number of methoxy groups -OCH3 is 1. The van der Waals surface area contributed by atoms with E-state index in [0.717, 1.165) is 56.0 Å². The Hall–Kier alpha value is -1.75. The minimum atomic E-state index is -0.0889. The molecule has 0 unspecified atom stereocenters. The summed E-state index contributed by atoms with van der Waals surface area (Å²) in [4.78, 5) is 14.8. The zero-order chi connectivity index (χ0) is 17.8. The number of carbonyl (C=O) groups excluding carboxylic acids is 1. The number of hydrogen-bond acceptors (Lipinski definition) is 4. The third-order valence-corrected chi connectivity index (χ3v) is 4.95. The fourth-order valence-electron chi connectivity index (χ4n) is 3.47. The molecule has 1 aromatic carbocycles. The van der Waals surface area contributed by atoms with Crippen molar-refractivity contribution in [3.63, 3.8) is 0 Å². The van der Waals surface area contributed by atoms with Crippen LogP contribution in [0.5, 0.6) is 11.5 Å². The number of benzene rings is 1. The van der Waals surface area contributed by atoms with Crippen molar-refractivity contribution >= 4 is 5.91 Å². The van der Waals surface area contributed by atoms with Crippen LogP contribution in [0.25, 0.3) is 0 Å². The van der Waals surface area contributed by atoms with E-state index in [4.69, 9.17) is 14.2 Å². The highest BCUT2D eigenvalue weighted by Crippen LogP contribution is 2.32. The van der Waals surface area contributed by atoms with Gasteiger partial charge in [-0.2, -0.15) is 0 Å². The van der Waals surface area contributed by atoms with Crippen LogP contribution < -0.4 is 9.47 Å². The standard InChI is InChI=1S/C20H29NO4/c1-14(2)12-24-17-6-8-21(9-7-17)20(22)16-10-15-4-5-18(23-3)11-19(15)25-13-16/h4-5,11,14,16-17H,6-10,12-13H2,1-3H3/t16-/m0/s1. The SMILES string of the molecule is COc1ccc2c(c1)OC[C@@H](C(=O)N1CCC(OCC(C)C)CC1)C2. The number of likely N-dealkylation sites (tertiary alicyclic amines) is 1. The van der Waals surface area contributed by atoms with Gasteiger partial charge in [0, 0.05) is 25.8 Å². The topological polar surface area (TPSA) is 48.0 Å². The highest BCUT2D eigenvalue weighted by molar-refractivity contribution is 5.80. The number of hydrogen-bond donors (Lipinski definition) is 0. The predicted molar refractivity (Wildman–Crippen MR) is 96.1 cm³/mol. The molecule has 1 aromatic rings. The van der Waals surface area contributed by atoms with Crippen LogP contribution in [-0.2, 0) is 16.0 Å². The van der Waals surface area contributed by atoms with Gasteiger partial charge in [-0.25, -0.2) is 0 Å². The minimum absolute atomic E-state index is 0.0889. The molecule has 0 spiro atoms. The first-order valence-electron chi connectivity index (χ1n) is 9.27. The van der Waals surface area contributed by atoms with Gasteiger partial charge < -0.3 is 19.1 Å². The van der Waals surface area contributed by atoms with E-state index in [1.807, 2.05) is 23.1 Å². The molecule has 0 N–H and O–H groups in total. The average molecular weight is 347 g/mol. The summed E-state index contributed by atoms with van der Waals surface area (Å²) in [5, 5.41) is 0. The lowest BCUT2D eigenvalue weighted by atomic mass is 9.94. The van der Waals surface area contributed by atoms with Crippen LogP contribution in [0.4, 0.5) is 0 Å². The maximum atomic E-state index is 12.8. The summed E-state index contributed by atoms with van der Waals surface area (Å²) >= 11 is 0. The molecule has 1 atom stereocenters. The molecule has 3 rings (SSSR count). The second-order valence-corrected chi connectivity index (χ2v) is 7.44. The van der Waals surface area contributed by atoms with Crippen molar-refractivity contribution in [3.8, 4) is 11.5 Å². The molecule has 2 aliphatic rings. The molecule has 25 heavy (non-hydrogen) atoms. The van der Waals surface area contributed by atoms with Gasteiger partial charge in [0.05, 0.1) is 19.1 Å². The molecule has 0 saturated carbocycles. The van der Waals surface area contributed by atoms with Crippen LogP contribution >= 0.6 is 0 Å². The molecule has 0 aliphatic carbocycles. The largest absolute Gasteiger partial charge is 0.497 e. The monoisotopic (exact) mass is 347 g/mol. The lowest BCUT2D eigenvalue weighted by Crippen LogP contribution is -2.46. The van der Waals surface area contributed by atoms with E-state index < -0.39 is 0 Å². The molecule has 5 nitrogen and oxygen atoms in total. The van der Waals surface area contributed by atoms with Gasteiger partial charge >= 0.3 is 0 Å². The Morgan fingerprint density at radius 1 is 1.32 bits per heavy atom. The van der Waals surface area contributed by atoms with Crippen molar-refractivity contribution in [2.45, 2.75) is 39.2 Å². The van der Waals surface area contributed by atoms with E-state index in [1.165, 1.54) is 0 Å². The molecule has 2 heterocycles. The van der Waals surface area contributed by atoms with Crippen LogP contribution in [0, 0.1) is 11.8 Å². The van der Waals surface area contributed by atoms with Gasteiger partial charge in [0.2, 0.25) is 5.91 Å². The fraction of sp³-hybridized carbons (Fsp3) is 0.650. The maximum absolute atomic E-state index is 12.8. The predicted octanol–water partition coefficient (Wildman–Crippen LogP) is 2.91. The van der Waals surface area contributed by atoms with E-state index in [2.05, 4.69) is 13.8 Å². The summed E-state index contributed by atoms with van der Waals surface area (Å²) in [5.41, 5.74) is 1.08. The van der Waals surface area contributed by atoms with Crippen LogP contribution in [0.1, 0.15) is 32.3 Å². The zero-order valence-corrected chi connectivity index (χ0v) is 15.5. The summed E-state index contributed by atoms with van der Waals surface area (Å²) in [6.45, 7) is 7.14. The van der Waals surface area contributed by atoms with Crippen molar-refractivity contribution in [3.05, 3.63) is 23.8 Å². The van der Waals surface area contributed by atoms with E-state index >= 15 is 0 Å². The van der Waals surface area contributed by atoms with E-state index in [1.54, 1.807) is 7.11 Å². The van der Waals surface area contributed by atoms with Gasteiger partial charge in [0.15, 0.2) is 0 Å². The van der Waals surface area contributed by atoms with Crippen molar-refractivity contribution in [2.75, 3.05) is 33.4 Å². The molecule has 5 heteroatoms. The summed E-state index contributed by atoms with van der Waals surface area (Å²) in [6, 6.07) is 5.82. The molecule has 0 radical (unpaired) electrons. The van der Waals surface area contributed by atoms with Gasteiger partial charge in [-0.1, -0.05) is 19.9 Å². The third-order valence-electron chi connectivity index (χ3n) is 4.95. The Kier molecular flexibility index (Phi) is 5.84. The molecular weight excluding hydrogens is 318 g/mol. The molecule has 138 valence electrons. The minimum Gasteiger partial charge on any atom is -0.497 e. The summed E-state index contributed by atoms with van der Waals surface area (Å²) in [6.07, 6.45) is 2.89. The van der Waals surface area contributed by atoms with Gasteiger partial charge in [-0.15, -0.1) is 0 Å². The molecule has 0 aromatic heterocycles. The Morgan fingerprint density at radius 2 is 2.08 bits per heavy atom. The molecular formula is C20H29NO4. The van der Waals surface area contributed by atoms with Crippen molar-refractivity contribution in [2.24, 2.45) is 11.8 Å². The molecule has 0 bridgehead atoms. The molecule has 2 aliphatic heterocycles. The van der Waals surface area contributed by atoms with Gasteiger partial charge in [0.25, 0.3) is 0 Å². The summed E-state index contributed by atoms with van der Waals surface area (Å²) in [7, 11) is 1.64. The number of amides is 1. The first kappa shape index (κ1) is 18.1. The smallest absolute Gasteiger partial charge is 0.229 e. The van der Waals surface area contributed by atoms with E-state index in [-0.39, 0.29) is 11.8 Å². The first-order valence-corrected chi connectivity index (χ1v) is 9.27. The number of carbonyl (C=O) groups is 1. The zero-order valence-electron chi connectivity index (χ0n) is 15.5. The Labute approximate surface area is 150 Å². The quantitative estimate of drug-likeness (QED) is 0.822. The second kappa shape index (κ2) is 8.09. The molecule has 1 amide bonds. The first-order chi connectivity index (χ1) is 12.1. The normalized spacial score (nSPS) is 21.0. The van der Waals surface area contributed by atoms with Gasteiger partial charge in [-0.05, 0) is 36.8 Å². The Bertz CT molecular complexity index is 593. The van der Waals surface area contributed by atoms with Crippen molar-refractivity contribution in [1.29, 1.82) is 0 Å². The number of piperidine rings is 1. The summed E-state index contributed by atoms with van der Waals surface area (Å²) < 4.78 is 17.0. The fourth-order valence-corrected chi connectivity index (χ4v) is 3.47. The number of ether oxygens (including phenoxy) is 3. The van der Waals surface area contributed by atoms with Crippen LogP contribution in [-0.4, -0.2) is 50.3 Å².